The molecule has 0 saturated carbocycles. The van der Waals surface area contributed by atoms with Crippen LogP contribution in [0.1, 0.15) is 39.4 Å². The molecule has 7 heteroatoms. The third-order valence-corrected chi connectivity index (χ3v) is 2.21. The fraction of sp³-hybridized carbons (Fsp3) is 0.636. The molecule has 0 spiro atoms. The number of ether oxygens (including phenoxy) is 1. The highest BCUT2D eigenvalue weighted by Gasteiger charge is 2.28. The lowest BCUT2D eigenvalue weighted by atomic mass is 10.2. The summed E-state index contributed by atoms with van der Waals surface area (Å²) in [4.78, 5) is 21.8. The molecule has 0 aliphatic heterocycles. The van der Waals surface area contributed by atoms with Gasteiger partial charge in [0.2, 0.25) is 0 Å². The Morgan fingerprint density at radius 3 is 2.50 bits per heavy atom. The molecule has 0 N–H and O–H groups in total. The van der Waals surface area contributed by atoms with Gasteiger partial charge in [0.25, 0.3) is 0 Å². The van der Waals surface area contributed by atoms with E-state index in [9.17, 15) is 14.9 Å². The summed E-state index contributed by atoms with van der Waals surface area (Å²) in [6, 6.07) is 0.624. The molecule has 18 heavy (non-hydrogen) atoms. The van der Waals surface area contributed by atoms with E-state index in [1.54, 1.807) is 34.6 Å². The number of nitrogens with zero attached hydrogens (tertiary/aromatic N) is 3. The molecule has 1 aromatic rings. The first kappa shape index (κ1) is 14.1. The molecule has 0 aliphatic carbocycles. The van der Waals surface area contributed by atoms with Crippen molar-refractivity contribution >= 4 is 11.8 Å². The van der Waals surface area contributed by atoms with Crippen LogP contribution in [0.2, 0.25) is 0 Å². The van der Waals surface area contributed by atoms with Crippen molar-refractivity contribution in [3.63, 3.8) is 0 Å². The van der Waals surface area contributed by atoms with Crippen molar-refractivity contribution in [1.82, 2.24) is 9.78 Å². The Morgan fingerprint density at radius 2 is 2.11 bits per heavy atom. The van der Waals surface area contributed by atoms with Crippen LogP contribution in [0.5, 0.6) is 0 Å². The monoisotopic (exact) mass is 255 g/mol. The zero-order chi connectivity index (χ0) is 14.1. The molecule has 0 fully saturated rings. The summed E-state index contributed by atoms with van der Waals surface area (Å²) in [6.45, 7) is 8.53. The summed E-state index contributed by atoms with van der Waals surface area (Å²) >= 11 is 0. The number of nitro groups is 1. The summed E-state index contributed by atoms with van der Waals surface area (Å²) in [5.74, 6) is -0.744. The van der Waals surface area contributed by atoms with Crippen LogP contribution in [-0.2, 0) is 9.53 Å². The number of rotatable bonds is 3. The van der Waals surface area contributed by atoms with Crippen LogP contribution in [0.4, 0.5) is 5.82 Å². The zero-order valence-electron chi connectivity index (χ0n) is 11.1. The van der Waals surface area contributed by atoms with Crippen LogP contribution >= 0.6 is 0 Å². The minimum Gasteiger partial charge on any atom is -0.458 e. The quantitative estimate of drug-likeness (QED) is 0.468. The minimum absolute atomic E-state index is 0.275. The summed E-state index contributed by atoms with van der Waals surface area (Å²) in [7, 11) is 0. The maximum Gasteiger partial charge on any atom is 0.390 e. The molecular weight excluding hydrogens is 238 g/mol. The molecule has 7 nitrogen and oxygen atoms in total. The molecular formula is C11H17N3O4. The summed E-state index contributed by atoms with van der Waals surface area (Å²) < 4.78 is 6.51. The van der Waals surface area contributed by atoms with Gasteiger partial charge in [-0.25, -0.2) is 4.79 Å². The number of carbonyl (C=O) groups excluding carboxylic acids is 1. The Kier molecular flexibility index (Phi) is 3.73. The number of aryl methyl sites for hydroxylation is 1. The molecule has 100 valence electrons. The summed E-state index contributed by atoms with van der Waals surface area (Å²) in [6.07, 6.45) is 0. The second-order valence-corrected chi connectivity index (χ2v) is 5.06. The Hall–Kier alpha value is -1.92. The Bertz CT molecular complexity index is 473. The van der Waals surface area contributed by atoms with Gasteiger partial charge in [0, 0.05) is 0 Å². The first-order valence-corrected chi connectivity index (χ1v) is 5.55. The molecule has 0 radical (unpaired) electrons. The number of hydrogen-bond donors (Lipinski definition) is 0. The maximum atomic E-state index is 11.8. The molecule has 0 saturated heterocycles. The second-order valence-electron chi connectivity index (χ2n) is 5.06. The molecule has 0 aromatic carbocycles. The van der Waals surface area contributed by atoms with Crippen molar-refractivity contribution in [3.8, 4) is 0 Å². The first-order valence-electron chi connectivity index (χ1n) is 5.55. The smallest absolute Gasteiger partial charge is 0.390 e. The van der Waals surface area contributed by atoms with Crippen LogP contribution in [0.15, 0.2) is 6.07 Å². The van der Waals surface area contributed by atoms with Crippen molar-refractivity contribution in [2.24, 2.45) is 0 Å². The molecule has 0 amide bonds. The van der Waals surface area contributed by atoms with Crippen LogP contribution in [0.25, 0.3) is 0 Å². The lowest BCUT2D eigenvalue weighted by Crippen LogP contribution is -2.29. The predicted molar refractivity (Wildman–Crippen MR) is 64.2 cm³/mol. The lowest BCUT2D eigenvalue weighted by Gasteiger charge is -2.21. The van der Waals surface area contributed by atoms with E-state index in [-0.39, 0.29) is 5.82 Å². The fourth-order valence-electron chi connectivity index (χ4n) is 1.44. The lowest BCUT2D eigenvalue weighted by molar-refractivity contribution is -0.389. The Labute approximate surface area is 105 Å². The van der Waals surface area contributed by atoms with Crippen molar-refractivity contribution in [2.45, 2.75) is 46.3 Å². The largest absolute Gasteiger partial charge is 0.458 e. The van der Waals surface area contributed by atoms with E-state index in [0.29, 0.717) is 5.69 Å². The third kappa shape index (κ3) is 3.28. The number of hydrogen-bond acceptors (Lipinski definition) is 5. The van der Waals surface area contributed by atoms with Crippen molar-refractivity contribution < 1.29 is 14.5 Å². The number of esters is 1. The highest BCUT2D eigenvalue weighted by Crippen LogP contribution is 2.19. The van der Waals surface area contributed by atoms with E-state index in [1.165, 1.54) is 10.7 Å². The highest BCUT2D eigenvalue weighted by molar-refractivity contribution is 5.74. The molecule has 0 aliphatic rings. The molecule has 0 bridgehead atoms. The van der Waals surface area contributed by atoms with E-state index >= 15 is 0 Å². The van der Waals surface area contributed by atoms with Gasteiger partial charge in [-0.1, -0.05) is 0 Å². The van der Waals surface area contributed by atoms with Gasteiger partial charge in [-0.05, 0) is 39.5 Å². The number of aromatic nitrogens is 2. The van der Waals surface area contributed by atoms with E-state index in [1.807, 2.05) is 0 Å². The van der Waals surface area contributed by atoms with Crippen molar-refractivity contribution in [3.05, 3.63) is 21.9 Å². The van der Waals surface area contributed by atoms with Gasteiger partial charge >= 0.3 is 11.8 Å². The van der Waals surface area contributed by atoms with Crippen LogP contribution in [-0.4, -0.2) is 26.3 Å². The number of carbonyl (C=O) groups is 1. The predicted octanol–water partition coefficient (Wildman–Crippen LogP) is 2.00. The normalized spacial score (nSPS) is 13.2. The van der Waals surface area contributed by atoms with Crippen molar-refractivity contribution in [1.29, 1.82) is 0 Å². The minimum atomic E-state index is -0.696. The standard InChI is InChI=1S/C11H17N3O4/c1-7-6-9(14(16)17)12-13(7)8(2)10(15)18-11(3,4)5/h6,8H,1-5H3. The highest BCUT2D eigenvalue weighted by atomic mass is 16.6. The summed E-state index contributed by atoms with van der Waals surface area (Å²) in [5.41, 5.74) is -0.0572. The maximum absolute atomic E-state index is 11.8. The molecule has 1 aromatic heterocycles. The van der Waals surface area contributed by atoms with Gasteiger partial charge in [-0.15, -0.1) is 0 Å². The Balaban J connectivity index is 2.93. The molecule has 1 heterocycles. The molecule has 1 unspecified atom stereocenters. The van der Waals surface area contributed by atoms with Crippen LogP contribution in [0.3, 0.4) is 0 Å². The fourth-order valence-corrected chi connectivity index (χ4v) is 1.44. The van der Waals surface area contributed by atoms with Gasteiger partial charge < -0.3 is 14.9 Å². The topological polar surface area (TPSA) is 87.3 Å². The van der Waals surface area contributed by atoms with Crippen molar-refractivity contribution in [2.75, 3.05) is 0 Å². The van der Waals surface area contributed by atoms with Crippen LogP contribution in [0, 0.1) is 17.0 Å². The van der Waals surface area contributed by atoms with Gasteiger partial charge in [0.1, 0.15) is 5.60 Å². The average molecular weight is 255 g/mol. The van der Waals surface area contributed by atoms with Gasteiger partial charge in [-0.2, -0.15) is 4.68 Å². The van der Waals surface area contributed by atoms with E-state index in [4.69, 9.17) is 4.74 Å². The van der Waals surface area contributed by atoms with E-state index in [0.717, 1.165) is 0 Å². The van der Waals surface area contributed by atoms with Gasteiger partial charge in [-0.3, -0.25) is 0 Å². The SMILES string of the molecule is Cc1cc([N+](=O)[O-])nn1C(C)C(=O)OC(C)(C)C. The first-order chi connectivity index (χ1) is 8.11. The van der Waals surface area contributed by atoms with Crippen LogP contribution < -0.4 is 0 Å². The molecule has 1 rings (SSSR count). The summed E-state index contributed by atoms with van der Waals surface area (Å²) in [5, 5.41) is 14.4. The second kappa shape index (κ2) is 4.75. The average Bonchev–Trinajstić information content (AvgIpc) is 2.56. The Morgan fingerprint density at radius 1 is 1.56 bits per heavy atom. The van der Waals surface area contributed by atoms with Gasteiger partial charge in [0.05, 0.1) is 16.9 Å². The van der Waals surface area contributed by atoms with E-state index in [2.05, 4.69) is 5.10 Å². The third-order valence-electron chi connectivity index (χ3n) is 2.21. The zero-order valence-corrected chi connectivity index (χ0v) is 11.1. The van der Waals surface area contributed by atoms with E-state index < -0.39 is 22.5 Å². The molecule has 1 atom stereocenters. The van der Waals surface area contributed by atoms with Gasteiger partial charge in [0.15, 0.2) is 6.04 Å².